The average Bonchev–Trinajstić information content (AvgIpc) is 3.47. The van der Waals surface area contributed by atoms with E-state index in [1.54, 1.807) is 36.4 Å². The number of aliphatic hydroxyl groups excluding tert-OH is 1. The Morgan fingerprint density at radius 1 is 1.10 bits per heavy atom. The van der Waals surface area contributed by atoms with E-state index in [9.17, 15) is 14.7 Å². The molecule has 0 radical (unpaired) electrons. The lowest BCUT2D eigenvalue weighted by molar-refractivity contribution is -0.132. The predicted molar refractivity (Wildman–Crippen MR) is 110 cm³/mol. The van der Waals surface area contributed by atoms with Crippen molar-refractivity contribution in [3.8, 4) is 5.75 Å². The summed E-state index contributed by atoms with van der Waals surface area (Å²) in [7, 11) is 0. The van der Waals surface area contributed by atoms with E-state index in [4.69, 9.17) is 9.15 Å². The number of rotatable bonds is 3. The Hall–Kier alpha value is -3.80. The largest absolute Gasteiger partial charge is 0.507 e. The Labute approximate surface area is 173 Å². The summed E-state index contributed by atoms with van der Waals surface area (Å²) in [5.41, 5.74) is 2.96. The fraction of sp³-hybridized carbons (Fsp3) is 0.167. The first-order valence-electron chi connectivity index (χ1n) is 9.72. The molecule has 30 heavy (non-hydrogen) atoms. The molecule has 6 heteroatoms. The number of carbonyl (C=O) groups excluding carboxylic acids is 2. The molecule has 0 saturated carbocycles. The van der Waals surface area contributed by atoms with Gasteiger partial charge in [-0.2, -0.15) is 0 Å². The Morgan fingerprint density at radius 2 is 1.97 bits per heavy atom. The minimum Gasteiger partial charge on any atom is -0.507 e. The Balaban J connectivity index is 1.69. The number of aryl methyl sites for hydroxylation is 1. The molecule has 0 bridgehead atoms. The molecule has 3 heterocycles. The van der Waals surface area contributed by atoms with Gasteiger partial charge in [0, 0.05) is 17.7 Å². The van der Waals surface area contributed by atoms with Gasteiger partial charge in [-0.25, -0.2) is 0 Å². The number of hydrogen-bond donors (Lipinski definition) is 1. The van der Waals surface area contributed by atoms with Crippen molar-refractivity contribution in [1.29, 1.82) is 0 Å². The lowest BCUT2D eigenvalue weighted by atomic mass is 9.97. The van der Waals surface area contributed by atoms with E-state index in [0.29, 0.717) is 23.6 Å². The van der Waals surface area contributed by atoms with Crippen LogP contribution < -0.4 is 9.64 Å². The first-order valence-corrected chi connectivity index (χ1v) is 9.72. The molecule has 0 aliphatic carbocycles. The molecule has 1 amide bonds. The van der Waals surface area contributed by atoms with Gasteiger partial charge in [-0.1, -0.05) is 12.1 Å². The summed E-state index contributed by atoms with van der Waals surface area (Å²) in [6.07, 6.45) is 2.22. The molecule has 6 nitrogen and oxygen atoms in total. The number of hydrogen-bond acceptors (Lipinski definition) is 5. The van der Waals surface area contributed by atoms with Crippen LogP contribution in [0, 0.1) is 6.92 Å². The van der Waals surface area contributed by atoms with E-state index < -0.39 is 17.7 Å². The topological polar surface area (TPSA) is 80.0 Å². The highest BCUT2D eigenvalue weighted by molar-refractivity contribution is 6.51. The summed E-state index contributed by atoms with van der Waals surface area (Å²) in [6.45, 7) is 2.50. The van der Waals surface area contributed by atoms with E-state index in [1.807, 2.05) is 25.1 Å². The summed E-state index contributed by atoms with van der Waals surface area (Å²) in [5, 5.41) is 11.1. The third-order valence-electron chi connectivity index (χ3n) is 5.50. The van der Waals surface area contributed by atoms with Crippen LogP contribution in [0.1, 0.15) is 28.5 Å². The maximum atomic E-state index is 13.1. The SMILES string of the molecule is Cc1cccc(N2C(=O)C(=O)/C(=C(\O)c3ccc4c(c3)CCO4)C2c2ccco2)c1. The van der Waals surface area contributed by atoms with Gasteiger partial charge in [0.05, 0.1) is 18.4 Å². The zero-order valence-electron chi connectivity index (χ0n) is 16.3. The van der Waals surface area contributed by atoms with Crippen LogP contribution in [0.15, 0.2) is 70.9 Å². The van der Waals surface area contributed by atoms with Crippen molar-refractivity contribution in [2.45, 2.75) is 19.4 Å². The number of furan rings is 1. The van der Waals surface area contributed by atoms with Crippen molar-refractivity contribution in [2.24, 2.45) is 0 Å². The Morgan fingerprint density at radius 3 is 2.73 bits per heavy atom. The maximum Gasteiger partial charge on any atom is 0.300 e. The fourth-order valence-electron chi connectivity index (χ4n) is 4.08. The molecule has 5 rings (SSSR count). The minimum atomic E-state index is -0.855. The van der Waals surface area contributed by atoms with E-state index in [0.717, 1.165) is 23.3 Å². The third-order valence-corrected chi connectivity index (χ3v) is 5.50. The van der Waals surface area contributed by atoms with Crippen LogP contribution in [0.25, 0.3) is 5.76 Å². The Bertz CT molecular complexity index is 1190. The van der Waals surface area contributed by atoms with Gasteiger partial charge in [-0.05, 0) is 60.5 Å². The third kappa shape index (κ3) is 2.80. The molecule has 0 spiro atoms. The molecule has 1 aromatic heterocycles. The second-order valence-corrected chi connectivity index (χ2v) is 7.44. The van der Waals surface area contributed by atoms with Crippen LogP contribution in [0.2, 0.25) is 0 Å². The molecule has 2 aliphatic heterocycles. The number of amides is 1. The molecule has 1 saturated heterocycles. The highest BCUT2D eigenvalue weighted by Gasteiger charge is 2.48. The zero-order chi connectivity index (χ0) is 20.8. The number of carbonyl (C=O) groups is 2. The number of nitrogens with zero attached hydrogens (tertiary/aromatic N) is 1. The van der Waals surface area contributed by atoms with Crippen LogP contribution in [0.5, 0.6) is 5.75 Å². The van der Waals surface area contributed by atoms with Gasteiger partial charge in [0.15, 0.2) is 0 Å². The Kier molecular flexibility index (Phi) is 4.20. The monoisotopic (exact) mass is 401 g/mol. The number of ketones is 1. The molecule has 2 aliphatic rings. The van der Waals surface area contributed by atoms with Gasteiger partial charge in [0.1, 0.15) is 23.3 Å². The number of fused-ring (bicyclic) bond motifs is 1. The highest BCUT2D eigenvalue weighted by atomic mass is 16.5. The molecular weight excluding hydrogens is 382 g/mol. The number of ether oxygens (including phenoxy) is 1. The quantitative estimate of drug-likeness (QED) is 0.405. The van der Waals surface area contributed by atoms with Crippen molar-refractivity contribution < 1.29 is 23.8 Å². The van der Waals surface area contributed by atoms with Gasteiger partial charge in [-0.15, -0.1) is 0 Å². The zero-order valence-corrected chi connectivity index (χ0v) is 16.3. The van der Waals surface area contributed by atoms with Gasteiger partial charge < -0.3 is 14.3 Å². The standard InChI is InChI=1S/C24H19NO5/c1-14-4-2-5-17(12-14)25-21(19-6-3-10-29-19)20(23(27)24(25)28)22(26)16-7-8-18-15(13-16)9-11-30-18/h2-8,10,12-13,21,26H,9,11H2,1H3/b22-20-. The lowest BCUT2D eigenvalue weighted by Crippen LogP contribution is -2.29. The average molecular weight is 401 g/mol. The van der Waals surface area contributed by atoms with E-state index in [1.165, 1.54) is 11.2 Å². The van der Waals surface area contributed by atoms with Gasteiger partial charge in [0.2, 0.25) is 0 Å². The van der Waals surface area contributed by atoms with Crippen LogP contribution in [-0.2, 0) is 16.0 Å². The van der Waals surface area contributed by atoms with Crippen molar-refractivity contribution in [3.05, 3.63) is 88.9 Å². The minimum absolute atomic E-state index is 0.00956. The molecule has 1 unspecified atom stereocenters. The number of benzene rings is 2. The van der Waals surface area contributed by atoms with E-state index in [-0.39, 0.29) is 11.3 Å². The van der Waals surface area contributed by atoms with Crippen molar-refractivity contribution in [2.75, 3.05) is 11.5 Å². The van der Waals surface area contributed by atoms with Crippen LogP contribution in [0.4, 0.5) is 5.69 Å². The molecular formula is C24H19NO5. The van der Waals surface area contributed by atoms with Crippen molar-refractivity contribution >= 4 is 23.1 Å². The van der Waals surface area contributed by atoms with Gasteiger partial charge >= 0.3 is 0 Å². The summed E-state index contributed by atoms with van der Waals surface area (Å²) < 4.78 is 11.1. The van der Waals surface area contributed by atoms with E-state index in [2.05, 4.69) is 0 Å². The van der Waals surface area contributed by atoms with Crippen LogP contribution in [0.3, 0.4) is 0 Å². The first-order chi connectivity index (χ1) is 14.5. The number of aliphatic hydroxyl groups is 1. The normalized spacial score (nSPS) is 19.8. The molecule has 1 N–H and O–H groups in total. The number of anilines is 1. The lowest BCUT2D eigenvalue weighted by Gasteiger charge is -2.23. The second-order valence-electron chi connectivity index (χ2n) is 7.44. The van der Waals surface area contributed by atoms with Gasteiger partial charge in [0.25, 0.3) is 11.7 Å². The summed E-state index contributed by atoms with van der Waals surface area (Å²) >= 11 is 0. The van der Waals surface area contributed by atoms with Gasteiger partial charge in [-0.3, -0.25) is 14.5 Å². The van der Waals surface area contributed by atoms with Crippen molar-refractivity contribution in [1.82, 2.24) is 0 Å². The molecule has 1 atom stereocenters. The molecule has 1 fully saturated rings. The summed E-state index contributed by atoms with van der Waals surface area (Å²) in [5.74, 6) is -0.490. The van der Waals surface area contributed by atoms with E-state index >= 15 is 0 Å². The second kappa shape index (κ2) is 6.91. The predicted octanol–water partition coefficient (Wildman–Crippen LogP) is 4.15. The molecule has 3 aromatic rings. The number of Topliss-reactive ketones (excluding diaryl/α,β-unsaturated/α-hetero) is 1. The smallest absolute Gasteiger partial charge is 0.300 e. The maximum absolute atomic E-state index is 13.1. The molecule has 150 valence electrons. The first kappa shape index (κ1) is 18.2. The summed E-state index contributed by atoms with van der Waals surface area (Å²) in [4.78, 5) is 27.5. The molecule has 2 aromatic carbocycles. The van der Waals surface area contributed by atoms with Crippen LogP contribution in [-0.4, -0.2) is 23.4 Å². The van der Waals surface area contributed by atoms with Crippen LogP contribution >= 0.6 is 0 Å². The van der Waals surface area contributed by atoms with Crippen molar-refractivity contribution in [3.63, 3.8) is 0 Å². The fourth-order valence-corrected chi connectivity index (χ4v) is 4.08. The summed E-state index contributed by atoms with van der Waals surface area (Å²) in [6, 6.07) is 15.1. The highest BCUT2D eigenvalue weighted by Crippen LogP contribution is 2.42.